The molecular formula is C26H18Cl2N2O4. The van der Waals surface area contributed by atoms with Crippen LogP contribution < -0.4 is 14.9 Å². The van der Waals surface area contributed by atoms with Crippen molar-refractivity contribution in [2.45, 2.75) is 0 Å². The highest BCUT2D eigenvalue weighted by atomic mass is 35.5. The van der Waals surface area contributed by atoms with Gasteiger partial charge in [-0.25, -0.2) is 10.2 Å². The Morgan fingerprint density at radius 1 is 0.882 bits per heavy atom. The van der Waals surface area contributed by atoms with Gasteiger partial charge in [-0.15, -0.1) is 0 Å². The van der Waals surface area contributed by atoms with E-state index in [0.29, 0.717) is 32.7 Å². The first-order valence-corrected chi connectivity index (χ1v) is 10.9. The Labute approximate surface area is 205 Å². The zero-order valence-corrected chi connectivity index (χ0v) is 19.2. The highest BCUT2D eigenvalue weighted by Gasteiger charge is 2.14. The van der Waals surface area contributed by atoms with Gasteiger partial charge in [-0.2, -0.15) is 5.10 Å². The highest BCUT2D eigenvalue weighted by Crippen LogP contribution is 2.27. The minimum absolute atomic E-state index is 0.244. The van der Waals surface area contributed by atoms with Gasteiger partial charge in [0.25, 0.3) is 5.91 Å². The van der Waals surface area contributed by atoms with Crippen LogP contribution in [0.5, 0.6) is 11.5 Å². The molecule has 1 amide bonds. The molecule has 0 heterocycles. The standard InChI is InChI=1S/C26H18Cl2N2O4/c27-19-11-8-18(9-12-19)26(32)34-24-13-10-17-4-1-2-7-22(17)23(24)15-29-30-25(31)16-33-21-6-3-5-20(28)14-21/h1-15H,16H2,(H,30,31)/b29-15-. The van der Waals surface area contributed by atoms with Crippen molar-refractivity contribution in [3.8, 4) is 11.5 Å². The lowest BCUT2D eigenvalue weighted by Gasteiger charge is -2.11. The summed E-state index contributed by atoms with van der Waals surface area (Å²) in [4.78, 5) is 24.8. The van der Waals surface area contributed by atoms with Gasteiger partial charge in [-0.1, -0.05) is 59.6 Å². The molecule has 8 heteroatoms. The van der Waals surface area contributed by atoms with Gasteiger partial charge in [0.1, 0.15) is 11.5 Å². The normalized spacial score (nSPS) is 10.9. The number of hydrogen-bond acceptors (Lipinski definition) is 5. The summed E-state index contributed by atoms with van der Waals surface area (Å²) in [6.07, 6.45) is 1.43. The number of carbonyl (C=O) groups excluding carboxylic acids is 2. The number of nitrogens with one attached hydrogen (secondary N) is 1. The van der Waals surface area contributed by atoms with E-state index in [1.165, 1.54) is 6.21 Å². The van der Waals surface area contributed by atoms with Crippen LogP contribution >= 0.6 is 23.2 Å². The zero-order chi connectivity index (χ0) is 23.9. The molecule has 0 unspecified atom stereocenters. The number of amides is 1. The van der Waals surface area contributed by atoms with E-state index in [1.54, 1.807) is 54.6 Å². The summed E-state index contributed by atoms with van der Waals surface area (Å²) >= 11 is 11.8. The number of carbonyl (C=O) groups is 2. The molecule has 0 spiro atoms. The van der Waals surface area contributed by atoms with E-state index in [0.717, 1.165) is 10.8 Å². The molecule has 1 N–H and O–H groups in total. The van der Waals surface area contributed by atoms with Crippen LogP contribution in [0.3, 0.4) is 0 Å². The molecule has 0 aliphatic rings. The van der Waals surface area contributed by atoms with E-state index >= 15 is 0 Å². The van der Waals surface area contributed by atoms with Crippen LogP contribution in [-0.4, -0.2) is 24.7 Å². The first-order valence-electron chi connectivity index (χ1n) is 10.2. The Morgan fingerprint density at radius 2 is 1.68 bits per heavy atom. The molecule has 34 heavy (non-hydrogen) atoms. The smallest absolute Gasteiger partial charge is 0.343 e. The zero-order valence-electron chi connectivity index (χ0n) is 17.7. The third-order valence-electron chi connectivity index (χ3n) is 4.76. The van der Waals surface area contributed by atoms with E-state index in [9.17, 15) is 9.59 Å². The molecule has 0 aromatic heterocycles. The Bertz CT molecular complexity index is 1370. The third kappa shape index (κ3) is 5.92. The van der Waals surface area contributed by atoms with Gasteiger partial charge in [-0.3, -0.25) is 4.79 Å². The predicted octanol–water partition coefficient (Wildman–Crippen LogP) is 5.89. The summed E-state index contributed by atoms with van der Waals surface area (Å²) in [5, 5.41) is 6.79. The minimum atomic E-state index is -0.541. The molecule has 0 saturated carbocycles. The average molecular weight is 493 g/mol. The number of hydrogen-bond donors (Lipinski definition) is 1. The molecule has 0 fully saturated rings. The van der Waals surface area contributed by atoms with Crippen molar-refractivity contribution in [1.82, 2.24) is 5.43 Å². The van der Waals surface area contributed by atoms with Crippen LogP contribution in [0.4, 0.5) is 0 Å². The lowest BCUT2D eigenvalue weighted by molar-refractivity contribution is -0.123. The van der Waals surface area contributed by atoms with Gasteiger partial charge >= 0.3 is 5.97 Å². The Kier molecular flexibility index (Phi) is 7.42. The van der Waals surface area contributed by atoms with Crippen molar-refractivity contribution < 1.29 is 19.1 Å². The summed E-state index contributed by atoms with van der Waals surface area (Å²) < 4.78 is 11.0. The van der Waals surface area contributed by atoms with Gasteiger partial charge in [-0.05, 0) is 59.3 Å². The Hall–Kier alpha value is -3.87. The third-order valence-corrected chi connectivity index (χ3v) is 5.25. The second-order valence-corrected chi connectivity index (χ2v) is 8.01. The quantitative estimate of drug-likeness (QED) is 0.151. The van der Waals surface area contributed by atoms with Crippen LogP contribution in [0.1, 0.15) is 15.9 Å². The van der Waals surface area contributed by atoms with Crippen LogP contribution in [-0.2, 0) is 4.79 Å². The fourth-order valence-electron chi connectivity index (χ4n) is 3.15. The van der Waals surface area contributed by atoms with Crippen molar-refractivity contribution in [3.05, 3.63) is 106 Å². The monoisotopic (exact) mass is 492 g/mol. The summed E-state index contributed by atoms with van der Waals surface area (Å²) in [6, 6.07) is 24.2. The van der Waals surface area contributed by atoms with Gasteiger partial charge in [0.05, 0.1) is 11.8 Å². The van der Waals surface area contributed by atoms with Gasteiger partial charge < -0.3 is 9.47 Å². The molecule has 6 nitrogen and oxygen atoms in total. The second-order valence-electron chi connectivity index (χ2n) is 7.13. The topological polar surface area (TPSA) is 77.0 Å². The van der Waals surface area contributed by atoms with Crippen molar-refractivity contribution in [2.75, 3.05) is 6.61 Å². The van der Waals surface area contributed by atoms with Crippen molar-refractivity contribution in [3.63, 3.8) is 0 Å². The summed E-state index contributed by atoms with van der Waals surface area (Å²) in [5.41, 5.74) is 3.31. The van der Waals surface area contributed by atoms with E-state index in [4.69, 9.17) is 32.7 Å². The number of benzene rings is 4. The molecule has 0 atom stereocenters. The maximum atomic E-state index is 12.6. The SMILES string of the molecule is O=C(COc1cccc(Cl)c1)N/N=C\c1c(OC(=O)c2ccc(Cl)cc2)ccc2ccccc12. The van der Waals surface area contributed by atoms with Crippen molar-refractivity contribution in [2.24, 2.45) is 5.10 Å². The van der Waals surface area contributed by atoms with Crippen LogP contribution in [0, 0.1) is 0 Å². The number of fused-ring (bicyclic) bond motifs is 1. The molecule has 0 radical (unpaired) electrons. The second kappa shape index (κ2) is 10.8. The molecule has 0 saturated heterocycles. The lowest BCUT2D eigenvalue weighted by Crippen LogP contribution is -2.24. The molecule has 4 aromatic carbocycles. The highest BCUT2D eigenvalue weighted by molar-refractivity contribution is 6.31. The number of rotatable bonds is 7. The lowest BCUT2D eigenvalue weighted by atomic mass is 10.0. The number of halogens is 2. The fourth-order valence-corrected chi connectivity index (χ4v) is 3.46. The van der Waals surface area contributed by atoms with Crippen LogP contribution in [0.25, 0.3) is 10.8 Å². The molecule has 0 aliphatic heterocycles. The summed E-state index contributed by atoms with van der Waals surface area (Å²) in [5.74, 6) is -0.236. The number of nitrogens with zero attached hydrogens (tertiary/aromatic N) is 1. The summed E-state index contributed by atoms with van der Waals surface area (Å²) in [7, 11) is 0. The molecule has 4 rings (SSSR count). The van der Waals surface area contributed by atoms with Crippen LogP contribution in [0.15, 0.2) is 90.0 Å². The van der Waals surface area contributed by atoms with Gasteiger partial charge in [0.15, 0.2) is 6.61 Å². The maximum Gasteiger partial charge on any atom is 0.343 e. The van der Waals surface area contributed by atoms with Crippen molar-refractivity contribution >= 4 is 52.1 Å². The Balaban J connectivity index is 1.50. The molecule has 4 aromatic rings. The van der Waals surface area contributed by atoms with Crippen molar-refractivity contribution in [1.29, 1.82) is 0 Å². The average Bonchev–Trinajstić information content (AvgIpc) is 2.84. The molecule has 0 aliphatic carbocycles. The minimum Gasteiger partial charge on any atom is -0.484 e. The van der Waals surface area contributed by atoms with E-state index in [2.05, 4.69) is 10.5 Å². The van der Waals surface area contributed by atoms with E-state index < -0.39 is 11.9 Å². The van der Waals surface area contributed by atoms with E-state index in [1.807, 2.05) is 30.3 Å². The maximum absolute atomic E-state index is 12.6. The fraction of sp³-hybridized carbons (Fsp3) is 0.0385. The van der Waals surface area contributed by atoms with E-state index in [-0.39, 0.29) is 6.61 Å². The first kappa shape index (κ1) is 23.3. The largest absolute Gasteiger partial charge is 0.484 e. The molecular weight excluding hydrogens is 475 g/mol. The molecule has 0 bridgehead atoms. The van der Waals surface area contributed by atoms with Gasteiger partial charge in [0, 0.05) is 15.6 Å². The van der Waals surface area contributed by atoms with Gasteiger partial charge in [0.2, 0.25) is 0 Å². The predicted molar refractivity (Wildman–Crippen MR) is 133 cm³/mol. The summed E-state index contributed by atoms with van der Waals surface area (Å²) in [6.45, 7) is -0.244. The van der Waals surface area contributed by atoms with Crippen LogP contribution in [0.2, 0.25) is 10.0 Å². The Morgan fingerprint density at radius 3 is 2.47 bits per heavy atom. The number of ether oxygens (including phenoxy) is 2. The first-order chi connectivity index (χ1) is 16.5. The molecule has 170 valence electrons. The number of hydrazone groups is 1. The number of esters is 1.